The van der Waals surface area contributed by atoms with Crippen LogP contribution in [0.15, 0.2) is 59.0 Å². The molecule has 0 bridgehead atoms. The summed E-state index contributed by atoms with van der Waals surface area (Å²) in [5, 5.41) is 3.45. The highest BCUT2D eigenvalue weighted by Gasteiger charge is 2.51. The second-order valence-corrected chi connectivity index (χ2v) is 7.15. The summed E-state index contributed by atoms with van der Waals surface area (Å²) in [6.45, 7) is 0.00121. The van der Waals surface area contributed by atoms with Crippen molar-refractivity contribution in [1.29, 1.82) is 0 Å². The first kappa shape index (κ1) is 19.8. The maximum absolute atomic E-state index is 13.1. The topological polar surface area (TPSA) is 71.8 Å². The Morgan fingerprint density at radius 3 is 2.60 bits per heavy atom. The molecule has 1 saturated heterocycles. The van der Waals surface area contributed by atoms with E-state index in [9.17, 15) is 22.8 Å². The zero-order valence-corrected chi connectivity index (χ0v) is 15.8. The van der Waals surface area contributed by atoms with Crippen molar-refractivity contribution in [2.45, 2.75) is 25.2 Å². The summed E-state index contributed by atoms with van der Waals surface area (Å²) in [6.07, 6.45) is -4.46. The number of urea groups is 1. The number of alkyl halides is 3. The van der Waals surface area contributed by atoms with Gasteiger partial charge in [0, 0.05) is 5.39 Å². The summed E-state index contributed by atoms with van der Waals surface area (Å²) in [5.41, 5.74) is -0.351. The average Bonchev–Trinajstić information content (AvgIpc) is 3.22. The number of imide groups is 1. The predicted molar refractivity (Wildman–Crippen MR) is 101 cm³/mol. The first-order valence-corrected chi connectivity index (χ1v) is 9.07. The SMILES string of the molecule is CC1(c2cc3ccccc3o2)NC(=O)N(Cc2cccc(OCC(F)(F)F)c2)C1=O. The van der Waals surface area contributed by atoms with E-state index in [1.165, 1.54) is 18.2 Å². The van der Waals surface area contributed by atoms with E-state index < -0.39 is 30.3 Å². The summed E-state index contributed by atoms with van der Waals surface area (Å²) in [6, 6.07) is 14.1. The number of nitrogens with one attached hydrogen (secondary N) is 1. The molecule has 2 aromatic carbocycles. The Labute approximate surface area is 169 Å². The van der Waals surface area contributed by atoms with Crippen molar-refractivity contribution in [2.24, 2.45) is 0 Å². The Morgan fingerprint density at radius 1 is 1.10 bits per heavy atom. The van der Waals surface area contributed by atoms with Crippen LogP contribution in [0.4, 0.5) is 18.0 Å². The average molecular weight is 418 g/mol. The number of halogens is 3. The Morgan fingerprint density at radius 2 is 1.87 bits per heavy atom. The minimum atomic E-state index is -4.46. The van der Waals surface area contributed by atoms with Gasteiger partial charge in [-0.1, -0.05) is 30.3 Å². The predicted octanol–water partition coefficient (Wildman–Crippen LogP) is 4.34. The number of furan rings is 1. The molecule has 2 heterocycles. The number of amides is 3. The first-order chi connectivity index (χ1) is 14.2. The highest BCUT2D eigenvalue weighted by atomic mass is 19.4. The van der Waals surface area contributed by atoms with Crippen LogP contribution in [0.3, 0.4) is 0 Å². The summed E-state index contributed by atoms with van der Waals surface area (Å²) >= 11 is 0. The number of carbonyl (C=O) groups is 2. The van der Waals surface area contributed by atoms with Gasteiger partial charge >= 0.3 is 12.2 Å². The minimum absolute atomic E-state index is 0.00285. The van der Waals surface area contributed by atoms with Crippen molar-refractivity contribution in [3.8, 4) is 5.75 Å². The molecule has 4 rings (SSSR count). The van der Waals surface area contributed by atoms with Crippen molar-refractivity contribution in [3.05, 3.63) is 65.9 Å². The Bertz CT molecular complexity index is 1090. The molecule has 9 heteroatoms. The van der Waals surface area contributed by atoms with Crippen LogP contribution in [0.5, 0.6) is 5.75 Å². The Hall–Kier alpha value is -3.49. The van der Waals surface area contributed by atoms with Gasteiger partial charge in [-0.05, 0) is 36.8 Å². The fraction of sp³-hybridized carbons (Fsp3) is 0.238. The second-order valence-electron chi connectivity index (χ2n) is 7.15. The zero-order chi connectivity index (χ0) is 21.5. The molecule has 1 atom stereocenters. The number of carbonyl (C=O) groups excluding carboxylic acids is 2. The van der Waals surface area contributed by atoms with E-state index in [4.69, 9.17) is 9.15 Å². The molecule has 1 unspecified atom stereocenters. The smallest absolute Gasteiger partial charge is 0.422 e. The third kappa shape index (κ3) is 3.70. The van der Waals surface area contributed by atoms with Gasteiger partial charge in [0.05, 0.1) is 6.54 Å². The van der Waals surface area contributed by atoms with Crippen LogP contribution in [0.1, 0.15) is 18.2 Å². The van der Waals surface area contributed by atoms with Gasteiger partial charge in [-0.15, -0.1) is 0 Å². The van der Waals surface area contributed by atoms with E-state index in [1.807, 2.05) is 12.1 Å². The number of hydrogen-bond acceptors (Lipinski definition) is 4. The number of nitrogens with zero attached hydrogens (tertiary/aromatic N) is 1. The van der Waals surface area contributed by atoms with E-state index >= 15 is 0 Å². The highest BCUT2D eigenvalue weighted by Crippen LogP contribution is 2.33. The van der Waals surface area contributed by atoms with Crippen molar-refractivity contribution >= 4 is 22.9 Å². The van der Waals surface area contributed by atoms with Gasteiger partial charge in [0.1, 0.15) is 17.1 Å². The summed E-state index contributed by atoms with van der Waals surface area (Å²) in [4.78, 5) is 26.6. The van der Waals surface area contributed by atoms with Gasteiger partial charge in [-0.3, -0.25) is 9.69 Å². The molecular formula is C21H17F3N2O4. The molecule has 1 aliphatic heterocycles. The molecule has 1 fully saturated rings. The van der Waals surface area contributed by atoms with Crippen LogP contribution in [0, 0.1) is 0 Å². The maximum Gasteiger partial charge on any atom is 0.422 e. The van der Waals surface area contributed by atoms with Crippen LogP contribution in [0.2, 0.25) is 0 Å². The summed E-state index contributed by atoms with van der Waals surface area (Å²) in [7, 11) is 0. The van der Waals surface area contributed by atoms with E-state index in [0.717, 1.165) is 10.3 Å². The lowest BCUT2D eigenvalue weighted by Gasteiger charge is -2.19. The van der Waals surface area contributed by atoms with Crippen LogP contribution >= 0.6 is 0 Å². The molecular weight excluding hydrogens is 401 g/mol. The lowest BCUT2D eigenvalue weighted by Crippen LogP contribution is -2.40. The molecule has 1 N–H and O–H groups in total. The fourth-order valence-corrected chi connectivity index (χ4v) is 3.32. The molecule has 0 radical (unpaired) electrons. The highest BCUT2D eigenvalue weighted by molar-refractivity contribution is 6.07. The maximum atomic E-state index is 13.1. The number of benzene rings is 2. The molecule has 1 aromatic heterocycles. The number of para-hydroxylation sites is 1. The quantitative estimate of drug-likeness (QED) is 0.626. The van der Waals surface area contributed by atoms with Gasteiger partial charge in [0.15, 0.2) is 12.1 Å². The minimum Gasteiger partial charge on any atom is -0.484 e. The summed E-state index contributed by atoms with van der Waals surface area (Å²) in [5.74, 6) is -0.225. The molecule has 0 saturated carbocycles. The number of ether oxygens (including phenoxy) is 1. The van der Waals surface area contributed by atoms with Crippen LogP contribution in [-0.2, 0) is 16.9 Å². The molecule has 0 aliphatic carbocycles. The normalized spacial score (nSPS) is 19.4. The van der Waals surface area contributed by atoms with Crippen LogP contribution < -0.4 is 10.1 Å². The molecule has 0 spiro atoms. The van der Waals surface area contributed by atoms with E-state index in [-0.39, 0.29) is 12.3 Å². The van der Waals surface area contributed by atoms with Crippen molar-refractivity contribution in [2.75, 3.05) is 6.61 Å². The van der Waals surface area contributed by atoms with Gasteiger partial charge in [-0.2, -0.15) is 13.2 Å². The van der Waals surface area contributed by atoms with E-state index in [2.05, 4.69) is 5.32 Å². The number of hydrogen-bond donors (Lipinski definition) is 1. The number of fused-ring (bicyclic) bond motifs is 1. The molecule has 6 nitrogen and oxygen atoms in total. The lowest BCUT2D eigenvalue weighted by molar-refractivity contribution is -0.153. The largest absolute Gasteiger partial charge is 0.484 e. The first-order valence-electron chi connectivity index (χ1n) is 9.07. The van der Waals surface area contributed by atoms with Gasteiger partial charge in [-0.25, -0.2) is 4.79 Å². The van der Waals surface area contributed by atoms with Crippen molar-refractivity contribution in [1.82, 2.24) is 10.2 Å². The monoisotopic (exact) mass is 418 g/mol. The van der Waals surface area contributed by atoms with Crippen molar-refractivity contribution in [3.63, 3.8) is 0 Å². The van der Waals surface area contributed by atoms with Gasteiger partial charge in [0.25, 0.3) is 5.91 Å². The zero-order valence-electron chi connectivity index (χ0n) is 15.8. The van der Waals surface area contributed by atoms with Gasteiger partial charge < -0.3 is 14.5 Å². The third-order valence-electron chi connectivity index (χ3n) is 4.83. The summed E-state index contributed by atoms with van der Waals surface area (Å²) < 4.78 is 47.6. The van der Waals surface area contributed by atoms with Gasteiger partial charge in [0.2, 0.25) is 0 Å². The third-order valence-corrected chi connectivity index (χ3v) is 4.83. The van der Waals surface area contributed by atoms with E-state index in [0.29, 0.717) is 16.9 Å². The lowest BCUT2D eigenvalue weighted by atomic mass is 9.98. The standard InChI is InChI=1S/C21H17F3N2O4/c1-20(17-10-14-6-2-3-8-16(14)30-17)18(27)26(19(28)25-20)11-13-5-4-7-15(9-13)29-12-21(22,23)24/h2-10H,11-12H2,1H3,(H,25,28). The molecule has 30 heavy (non-hydrogen) atoms. The molecule has 156 valence electrons. The fourth-order valence-electron chi connectivity index (χ4n) is 3.32. The van der Waals surface area contributed by atoms with Crippen LogP contribution in [0.25, 0.3) is 11.0 Å². The van der Waals surface area contributed by atoms with Crippen molar-refractivity contribution < 1.29 is 31.9 Å². The molecule has 1 aliphatic rings. The Balaban J connectivity index is 1.55. The second kappa shape index (κ2) is 7.08. The molecule has 3 aromatic rings. The molecule has 3 amide bonds. The van der Waals surface area contributed by atoms with Crippen LogP contribution in [-0.4, -0.2) is 29.6 Å². The number of rotatable bonds is 5. The van der Waals surface area contributed by atoms with E-state index in [1.54, 1.807) is 31.2 Å². The Kier molecular flexibility index (Phi) is 4.68.